The molecule has 0 unspecified atom stereocenters. The lowest BCUT2D eigenvalue weighted by Gasteiger charge is -2.43. The molecule has 4 saturated heterocycles. The molecule has 216 valence electrons. The highest BCUT2D eigenvalue weighted by Gasteiger charge is 2.61. The lowest BCUT2D eigenvalue weighted by atomic mass is 9.98. The third-order valence-electron chi connectivity index (χ3n) is 6.30. The van der Waals surface area contributed by atoms with Crippen LogP contribution in [-0.4, -0.2) is 104 Å². The van der Waals surface area contributed by atoms with Crippen LogP contribution >= 0.6 is 0 Å². The number of esters is 3. The molecule has 4 aliphatic heterocycles. The predicted molar refractivity (Wildman–Crippen MR) is 120 cm³/mol. The molecule has 4 aliphatic rings. The number of carbonyl (C=O) groups excluding carboxylic acids is 3. The van der Waals surface area contributed by atoms with E-state index in [9.17, 15) is 14.4 Å². The van der Waals surface area contributed by atoms with Gasteiger partial charge < -0.3 is 47.4 Å². The molecule has 0 saturated carbocycles. The molecular weight excluding hydrogens is 515 g/mol. The molecular formula is C24H35FO13. The second-order valence-electron chi connectivity index (χ2n) is 10.5. The van der Waals surface area contributed by atoms with E-state index in [-0.39, 0.29) is 6.61 Å². The number of fused-ring (bicyclic) bond motifs is 3. The van der Waals surface area contributed by atoms with Crippen LogP contribution in [0.25, 0.3) is 0 Å². The van der Waals surface area contributed by atoms with Crippen molar-refractivity contribution in [1.82, 2.24) is 0 Å². The summed E-state index contributed by atoms with van der Waals surface area (Å²) in [4.78, 5) is 34.9. The molecule has 0 aromatic rings. The van der Waals surface area contributed by atoms with E-state index >= 15 is 4.39 Å². The zero-order valence-electron chi connectivity index (χ0n) is 22.4. The van der Waals surface area contributed by atoms with Crippen LogP contribution in [0.4, 0.5) is 4.39 Å². The quantitative estimate of drug-likeness (QED) is 0.327. The maximum atomic E-state index is 15.6. The summed E-state index contributed by atoms with van der Waals surface area (Å²) in [6, 6.07) is 0. The van der Waals surface area contributed by atoms with Gasteiger partial charge in [0.2, 0.25) is 0 Å². The monoisotopic (exact) mass is 550 g/mol. The second-order valence-corrected chi connectivity index (χ2v) is 10.5. The van der Waals surface area contributed by atoms with E-state index in [0.29, 0.717) is 0 Å². The Kier molecular flexibility index (Phi) is 8.34. The number of hydrogen-bond donors (Lipinski definition) is 0. The Morgan fingerprint density at radius 3 is 1.92 bits per heavy atom. The van der Waals surface area contributed by atoms with Gasteiger partial charge in [-0.3, -0.25) is 14.4 Å². The molecule has 0 aromatic carbocycles. The lowest BCUT2D eigenvalue weighted by Crippen LogP contribution is -2.61. The van der Waals surface area contributed by atoms with Gasteiger partial charge in [-0.1, -0.05) is 0 Å². The summed E-state index contributed by atoms with van der Waals surface area (Å²) in [5.74, 6) is -4.09. The molecule has 0 aliphatic carbocycles. The van der Waals surface area contributed by atoms with Gasteiger partial charge >= 0.3 is 17.9 Å². The van der Waals surface area contributed by atoms with Crippen LogP contribution in [0.15, 0.2) is 0 Å². The van der Waals surface area contributed by atoms with Gasteiger partial charge in [0.25, 0.3) is 0 Å². The van der Waals surface area contributed by atoms with Crippen molar-refractivity contribution in [2.24, 2.45) is 0 Å². The standard InChI is InChI=1S/C24H35FO13/c1-10(26)29-8-13-16(31-11(2)27)18(32-12(3)28)15(25)21(33-13)30-9-14-17-19(36-23(4,5)35-17)20-22(34-14)38-24(6,7)37-20/h13-22H,8-9H2,1-7H3/t13-,14-,15+,16-,17+,18-,19+,20-,21+,22-/m1/s1. The molecule has 4 fully saturated rings. The summed E-state index contributed by atoms with van der Waals surface area (Å²) < 4.78 is 72.5. The minimum absolute atomic E-state index is 0.232. The van der Waals surface area contributed by atoms with Crippen molar-refractivity contribution in [1.29, 1.82) is 0 Å². The summed E-state index contributed by atoms with van der Waals surface area (Å²) in [5, 5.41) is 0. The van der Waals surface area contributed by atoms with Crippen molar-refractivity contribution in [2.75, 3.05) is 13.2 Å². The fourth-order valence-corrected chi connectivity index (χ4v) is 5.01. The maximum Gasteiger partial charge on any atom is 0.303 e. The summed E-state index contributed by atoms with van der Waals surface area (Å²) in [7, 11) is 0. The minimum atomic E-state index is -2.06. The Balaban J connectivity index is 1.51. The molecule has 0 radical (unpaired) electrons. The Bertz CT molecular complexity index is 910. The predicted octanol–water partition coefficient (Wildman–Crippen LogP) is 0.889. The first-order chi connectivity index (χ1) is 17.7. The molecule has 4 rings (SSSR count). The van der Waals surface area contributed by atoms with E-state index in [2.05, 4.69) is 0 Å². The summed E-state index contributed by atoms with van der Waals surface area (Å²) in [5.41, 5.74) is 0. The molecule has 13 nitrogen and oxygen atoms in total. The van der Waals surface area contributed by atoms with Crippen LogP contribution in [0.2, 0.25) is 0 Å². The average Bonchev–Trinajstić information content (AvgIpc) is 3.27. The van der Waals surface area contributed by atoms with E-state index < -0.39 is 97.6 Å². The highest BCUT2D eigenvalue weighted by Crippen LogP contribution is 2.44. The Morgan fingerprint density at radius 1 is 0.711 bits per heavy atom. The van der Waals surface area contributed by atoms with E-state index in [4.69, 9.17) is 47.4 Å². The van der Waals surface area contributed by atoms with E-state index in [1.807, 2.05) is 0 Å². The number of alkyl halides is 1. The van der Waals surface area contributed by atoms with Crippen molar-refractivity contribution in [3.8, 4) is 0 Å². The van der Waals surface area contributed by atoms with Crippen LogP contribution in [0, 0.1) is 0 Å². The first kappa shape index (κ1) is 29.1. The van der Waals surface area contributed by atoms with Crippen LogP contribution < -0.4 is 0 Å². The SMILES string of the molecule is CC(=O)OC[C@H]1O[C@H](OC[C@H]2O[C@@H]3OC(C)(C)O[C@@H]3[C@H]3OC(C)(C)O[C@H]32)[C@@H](F)[C@@H](OC(C)=O)[C@@H]1OC(C)=O. The largest absolute Gasteiger partial charge is 0.463 e. The maximum absolute atomic E-state index is 15.6. The zero-order chi connectivity index (χ0) is 28.0. The number of hydrogen-bond acceptors (Lipinski definition) is 13. The summed E-state index contributed by atoms with van der Waals surface area (Å²) in [6.07, 6.45) is -11.1. The van der Waals surface area contributed by atoms with E-state index in [1.165, 1.54) is 6.92 Å². The van der Waals surface area contributed by atoms with Crippen molar-refractivity contribution in [3.63, 3.8) is 0 Å². The van der Waals surface area contributed by atoms with Crippen LogP contribution in [-0.2, 0) is 61.8 Å². The third-order valence-corrected chi connectivity index (χ3v) is 6.30. The van der Waals surface area contributed by atoms with Crippen molar-refractivity contribution in [2.45, 2.75) is 122 Å². The van der Waals surface area contributed by atoms with Crippen molar-refractivity contribution >= 4 is 17.9 Å². The smallest absolute Gasteiger partial charge is 0.303 e. The van der Waals surface area contributed by atoms with Gasteiger partial charge in [-0.2, -0.15) is 0 Å². The number of rotatable bonds is 7. The Morgan fingerprint density at radius 2 is 1.29 bits per heavy atom. The molecule has 4 heterocycles. The molecule has 0 aromatic heterocycles. The van der Waals surface area contributed by atoms with Gasteiger partial charge in [-0.05, 0) is 27.7 Å². The number of ether oxygens (including phenoxy) is 10. The molecule has 0 spiro atoms. The number of halogens is 1. The topological polar surface area (TPSA) is 144 Å². The minimum Gasteiger partial charge on any atom is -0.463 e. The van der Waals surface area contributed by atoms with Gasteiger partial charge in [0.15, 0.2) is 42.5 Å². The first-order valence-corrected chi connectivity index (χ1v) is 12.4. The molecule has 14 heteroatoms. The van der Waals surface area contributed by atoms with Crippen molar-refractivity contribution in [3.05, 3.63) is 0 Å². The number of carbonyl (C=O) groups is 3. The summed E-state index contributed by atoms with van der Waals surface area (Å²) in [6.45, 7) is 9.72. The molecule has 38 heavy (non-hydrogen) atoms. The Labute approximate surface area is 219 Å². The van der Waals surface area contributed by atoms with Gasteiger partial charge in [-0.15, -0.1) is 0 Å². The lowest BCUT2D eigenvalue weighted by molar-refractivity contribution is -0.307. The van der Waals surface area contributed by atoms with Crippen molar-refractivity contribution < 1.29 is 66.1 Å². The highest BCUT2D eigenvalue weighted by atomic mass is 19.1. The van der Waals surface area contributed by atoms with Crippen LogP contribution in [0.1, 0.15) is 48.5 Å². The molecule has 0 bridgehead atoms. The zero-order valence-corrected chi connectivity index (χ0v) is 22.4. The van der Waals surface area contributed by atoms with Crippen LogP contribution in [0.3, 0.4) is 0 Å². The normalized spacial score (nSPS) is 41.1. The third kappa shape index (κ3) is 6.43. The summed E-state index contributed by atoms with van der Waals surface area (Å²) >= 11 is 0. The highest BCUT2D eigenvalue weighted by molar-refractivity contribution is 5.67. The van der Waals surface area contributed by atoms with Gasteiger partial charge in [0.05, 0.1) is 6.61 Å². The van der Waals surface area contributed by atoms with Gasteiger partial charge in [-0.25, -0.2) is 4.39 Å². The first-order valence-electron chi connectivity index (χ1n) is 12.4. The molecule has 0 amide bonds. The molecule has 10 atom stereocenters. The van der Waals surface area contributed by atoms with E-state index in [0.717, 1.165) is 13.8 Å². The van der Waals surface area contributed by atoms with Gasteiger partial charge in [0.1, 0.15) is 37.1 Å². The fraction of sp³-hybridized carbons (Fsp3) is 0.875. The average molecular weight is 551 g/mol. The molecule has 0 N–H and O–H groups in total. The van der Waals surface area contributed by atoms with Gasteiger partial charge in [0, 0.05) is 20.8 Å². The second kappa shape index (κ2) is 10.9. The fourth-order valence-electron chi connectivity index (χ4n) is 5.01. The van der Waals surface area contributed by atoms with E-state index in [1.54, 1.807) is 27.7 Å². The van der Waals surface area contributed by atoms with Crippen LogP contribution in [0.5, 0.6) is 0 Å². The Hall–Kier alpha value is -1.94.